The standard InChI is InChI=1S/C20H19FN2O3/c21-17-10-13(7-8-18(17)26-14-4-3-9-22-11-14)12-23-19(24)15-5-1-2-6-16(15)20(23)25/h3-4,7-11,15-16H,1-2,5-6,12H2. The number of carbonyl (C=O) groups is 2. The molecule has 1 aliphatic heterocycles. The third-order valence-electron chi connectivity index (χ3n) is 5.13. The zero-order valence-corrected chi connectivity index (χ0v) is 14.2. The normalized spacial score (nSPS) is 22.4. The number of amides is 2. The quantitative estimate of drug-likeness (QED) is 0.786. The summed E-state index contributed by atoms with van der Waals surface area (Å²) >= 11 is 0. The van der Waals surface area contributed by atoms with Gasteiger partial charge in [-0.15, -0.1) is 0 Å². The van der Waals surface area contributed by atoms with Crippen LogP contribution in [0.25, 0.3) is 0 Å². The number of halogens is 1. The van der Waals surface area contributed by atoms with Gasteiger partial charge in [-0.2, -0.15) is 0 Å². The SMILES string of the molecule is O=C1C2CCCCC2C(=O)N1Cc1ccc(Oc2cccnc2)c(F)c1. The molecule has 2 atom stereocenters. The van der Waals surface area contributed by atoms with Crippen molar-refractivity contribution in [2.24, 2.45) is 11.8 Å². The number of carbonyl (C=O) groups excluding carboxylic acids is 2. The highest BCUT2D eigenvalue weighted by Gasteiger charge is 2.47. The third kappa shape index (κ3) is 3.07. The molecule has 134 valence electrons. The zero-order valence-electron chi connectivity index (χ0n) is 14.2. The molecule has 2 fully saturated rings. The molecule has 0 radical (unpaired) electrons. The Labute approximate surface area is 150 Å². The van der Waals surface area contributed by atoms with Crippen molar-refractivity contribution in [1.82, 2.24) is 9.88 Å². The van der Waals surface area contributed by atoms with E-state index in [-0.39, 0.29) is 35.9 Å². The summed E-state index contributed by atoms with van der Waals surface area (Å²) < 4.78 is 19.8. The van der Waals surface area contributed by atoms with Crippen molar-refractivity contribution in [3.63, 3.8) is 0 Å². The van der Waals surface area contributed by atoms with Gasteiger partial charge in [0.05, 0.1) is 24.6 Å². The van der Waals surface area contributed by atoms with Crippen LogP contribution in [0.5, 0.6) is 11.5 Å². The van der Waals surface area contributed by atoms with Crippen LogP contribution in [0, 0.1) is 17.7 Å². The Kier molecular flexibility index (Phi) is 4.41. The molecule has 2 aromatic rings. The van der Waals surface area contributed by atoms with Crippen molar-refractivity contribution in [2.45, 2.75) is 32.2 Å². The van der Waals surface area contributed by atoms with Gasteiger partial charge >= 0.3 is 0 Å². The second-order valence-electron chi connectivity index (χ2n) is 6.82. The lowest BCUT2D eigenvalue weighted by Crippen LogP contribution is -2.30. The van der Waals surface area contributed by atoms with Gasteiger partial charge in [-0.25, -0.2) is 4.39 Å². The van der Waals surface area contributed by atoms with E-state index in [2.05, 4.69) is 4.98 Å². The summed E-state index contributed by atoms with van der Waals surface area (Å²) in [5.74, 6) is -0.624. The second kappa shape index (κ2) is 6.86. The lowest BCUT2D eigenvalue weighted by atomic mass is 9.81. The zero-order chi connectivity index (χ0) is 18.1. The van der Waals surface area contributed by atoms with Crippen LogP contribution >= 0.6 is 0 Å². The average Bonchev–Trinajstić information content (AvgIpc) is 2.90. The van der Waals surface area contributed by atoms with Crippen molar-refractivity contribution in [1.29, 1.82) is 0 Å². The van der Waals surface area contributed by atoms with Gasteiger partial charge in [0.1, 0.15) is 5.75 Å². The van der Waals surface area contributed by atoms with E-state index in [4.69, 9.17) is 4.74 Å². The Bertz CT molecular complexity index is 816. The van der Waals surface area contributed by atoms with Gasteiger partial charge in [-0.05, 0) is 42.7 Å². The fraction of sp³-hybridized carbons (Fsp3) is 0.350. The Morgan fingerprint density at radius 1 is 1.12 bits per heavy atom. The number of hydrogen-bond donors (Lipinski definition) is 0. The van der Waals surface area contributed by atoms with Gasteiger partial charge in [0.15, 0.2) is 11.6 Å². The molecule has 1 saturated carbocycles. The van der Waals surface area contributed by atoms with Gasteiger partial charge < -0.3 is 4.74 Å². The highest BCUT2D eigenvalue weighted by molar-refractivity contribution is 6.05. The van der Waals surface area contributed by atoms with Crippen molar-refractivity contribution in [2.75, 3.05) is 0 Å². The van der Waals surface area contributed by atoms with E-state index in [0.29, 0.717) is 11.3 Å². The highest BCUT2D eigenvalue weighted by atomic mass is 19.1. The number of rotatable bonds is 4. The summed E-state index contributed by atoms with van der Waals surface area (Å²) in [4.78, 5) is 30.3. The molecule has 1 aliphatic carbocycles. The van der Waals surface area contributed by atoms with Crippen LogP contribution < -0.4 is 4.74 Å². The molecule has 0 N–H and O–H groups in total. The van der Waals surface area contributed by atoms with Gasteiger partial charge in [0.2, 0.25) is 11.8 Å². The molecular formula is C20H19FN2O3. The topological polar surface area (TPSA) is 59.5 Å². The molecule has 5 nitrogen and oxygen atoms in total. The maximum absolute atomic E-state index is 14.4. The van der Waals surface area contributed by atoms with E-state index < -0.39 is 5.82 Å². The molecule has 2 amide bonds. The fourth-order valence-electron chi connectivity index (χ4n) is 3.83. The largest absolute Gasteiger partial charge is 0.453 e. The molecule has 1 aromatic carbocycles. The van der Waals surface area contributed by atoms with Crippen LogP contribution in [0.15, 0.2) is 42.7 Å². The van der Waals surface area contributed by atoms with Crippen molar-refractivity contribution in [3.8, 4) is 11.5 Å². The Balaban J connectivity index is 1.49. The number of likely N-dealkylation sites (tertiary alicyclic amines) is 1. The van der Waals surface area contributed by atoms with Crippen LogP contribution in [0.3, 0.4) is 0 Å². The Hall–Kier alpha value is -2.76. The molecule has 0 bridgehead atoms. The third-order valence-corrected chi connectivity index (χ3v) is 5.13. The summed E-state index contributed by atoms with van der Waals surface area (Å²) in [5.41, 5.74) is 0.571. The van der Waals surface area contributed by atoms with Crippen LogP contribution in [0.2, 0.25) is 0 Å². The first kappa shape index (κ1) is 16.7. The molecule has 4 rings (SSSR count). The first-order valence-corrected chi connectivity index (χ1v) is 8.85. The molecule has 6 heteroatoms. The smallest absolute Gasteiger partial charge is 0.233 e. The van der Waals surface area contributed by atoms with Crippen molar-refractivity contribution < 1.29 is 18.7 Å². The monoisotopic (exact) mass is 354 g/mol. The Morgan fingerprint density at radius 3 is 2.46 bits per heavy atom. The maximum Gasteiger partial charge on any atom is 0.233 e. The van der Waals surface area contributed by atoms with Gasteiger partial charge in [0.25, 0.3) is 0 Å². The first-order chi connectivity index (χ1) is 12.6. The average molecular weight is 354 g/mol. The predicted octanol–water partition coefficient (Wildman–Crippen LogP) is 3.69. The molecule has 2 unspecified atom stereocenters. The van der Waals surface area contributed by atoms with Crippen LogP contribution in [0.4, 0.5) is 4.39 Å². The number of aromatic nitrogens is 1. The van der Waals surface area contributed by atoms with E-state index in [9.17, 15) is 14.0 Å². The lowest BCUT2D eigenvalue weighted by molar-refractivity contribution is -0.140. The fourth-order valence-corrected chi connectivity index (χ4v) is 3.83. The summed E-state index contributed by atoms with van der Waals surface area (Å²) in [7, 11) is 0. The van der Waals surface area contributed by atoms with Gasteiger partial charge in [-0.3, -0.25) is 19.5 Å². The van der Waals surface area contributed by atoms with Gasteiger partial charge in [0, 0.05) is 6.20 Å². The van der Waals surface area contributed by atoms with E-state index in [1.165, 1.54) is 23.2 Å². The number of fused-ring (bicyclic) bond motifs is 1. The molecular weight excluding hydrogens is 335 g/mol. The first-order valence-electron chi connectivity index (χ1n) is 8.85. The molecule has 2 aliphatic rings. The minimum atomic E-state index is -0.539. The molecule has 2 heterocycles. The van der Waals surface area contributed by atoms with E-state index in [0.717, 1.165) is 25.7 Å². The van der Waals surface area contributed by atoms with Crippen molar-refractivity contribution >= 4 is 11.8 Å². The molecule has 0 spiro atoms. The number of benzene rings is 1. The lowest BCUT2D eigenvalue weighted by Gasteiger charge is -2.19. The predicted molar refractivity (Wildman–Crippen MR) is 91.7 cm³/mol. The number of ether oxygens (including phenoxy) is 1. The summed E-state index contributed by atoms with van der Waals surface area (Å²) in [6, 6.07) is 7.89. The molecule has 1 saturated heterocycles. The highest BCUT2D eigenvalue weighted by Crippen LogP contribution is 2.38. The Morgan fingerprint density at radius 2 is 1.85 bits per heavy atom. The summed E-state index contributed by atoms with van der Waals surface area (Å²) in [5, 5.41) is 0. The molecule has 1 aromatic heterocycles. The van der Waals surface area contributed by atoms with Crippen LogP contribution in [0.1, 0.15) is 31.2 Å². The number of imide groups is 1. The van der Waals surface area contributed by atoms with Crippen molar-refractivity contribution in [3.05, 3.63) is 54.1 Å². The van der Waals surface area contributed by atoms with Crippen LogP contribution in [-0.2, 0) is 16.1 Å². The van der Waals surface area contributed by atoms with Crippen LogP contribution in [-0.4, -0.2) is 21.7 Å². The second-order valence-corrected chi connectivity index (χ2v) is 6.82. The van der Waals surface area contributed by atoms with E-state index in [1.807, 2.05) is 0 Å². The number of hydrogen-bond acceptors (Lipinski definition) is 4. The minimum Gasteiger partial charge on any atom is -0.453 e. The van der Waals surface area contributed by atoms with E-state index in [1.54, 1.807) is 24.4 Å². The van der Waals surface area contributed by atoms with E-state index >= 15 is 0 Å². The number of pyridine rings is 1. The van der Waals surface area contributed by atoms with Gasteiger partial charge in [-0.1, -0.05) is 18.9 Å². The maximum atomic E-state index is 14.4. The minimum absolute atomic E-state index is 0.0782. The summed E-state index contributed by atoms with van der Waals surface area (Å²) in [6.45, 7) is 0.106. The number of nitrogens with zero attached hydrogens (tertiary/aromatic N) is 2. The summed E-state index contributed by atoms with van der Waals surface area (Å²) in [6.07, 6.45) is 6.63. The molecule has 26 heavy (non-hydrogen) atoms.